The molecule has 0 saturated heterocycles. The predicted octanol–water partition coefficient (Wildman–Crippen LogP) is 4.76. The van der Waals surface area contributed by atoms with Gasteiger partial charge in [0.05, 0.1) is 5.38 Å². The van der Waals surface area contributed by atoms with Crippen molar-refractivity contribution in [1.82, 2.24) is 0 Å². The Bertz CT molecular complexity index is 540. The summed E-state index contributed by atoms with van der Waals surface area (Å²) >= 11 is 18.8. The van der Waals surface area contributed by atoms with Gasteiger partial charge in [-0.3, -0.25) is 0 Å². The molecule has 3 rings (SSSR count). The van der Waals surface area contributed by atoms with Crippen molar-refractivity contribution in [2.24, 2.45) is 0 Å². The van der Waals surface area contributed by atoms with Crippen molar-refractivity contribution in [2.45, 2.75) is 9.71 Å². The fourth-order valence-corrected chi connectivity index (χ4v) is 3.04. The van der Waals surface area contributed by atoms with Crippen LogP contribution in [0.2, 0.25) is 0 Å². The van der Waals surface area contributed by atoms with E-state index < -0.39 is 4.33 Å². The summed E-state index contributed by atoms with van der Waals surface area (Å²) in [5.74, 6) is 0. The van der Waals surface area contributed by atoms with E-state index in [1.54, 1.807) is 0 Å². The fraction of sp³-hybridized carbons (Fsp3) is 0.167. The van der Waals surface area contributed by atoms with Gasteiger partial charge in [0.15, 0.2) is 4.33 Å². The lowest BCUT2D eigenvalue weighted by molar-refractivity contribution is 0.850. The van der Waals surface area contributed by atoms with E-state index in [2.05, 4.69) is 0 Å². The van der Waals surface area contributed by atoms with Gasteiger partial charge < -0.3 is 0 Å². The van der Waals surface area contributed by atoms with Crippen LogP contribution in [0.1, 0.15) is 16.5 Å². The Hall–Kier alpha value is -0.430. The molecule has 3 heteroatoms. The smallest absolute Gasteiger partial charge is 0.114 e. The lowest BCUT2D eigenvalue weighted by atomic mass is 10.1. The molecular weight excluding hydrogens is 250 g/mol. The molecule has 0 fully saturated rings. The molecule has 0 heterocycles. The maximum Gasteiger partial charge on any atom is 0.164 e. The molecule has 1 atom stereocenters. The minimum absolute atomic E-state index is 0.373. The van der Waals surface area contributed by atoms with Crippen molar-refractivity contribution in [1.29, 1.82) is 0 Å². The summed E-state index contributed by atoms with van der Waals surface area (Å²) < 4.78 is -1.01. The topological polar surface area (TPSA) is 0 Å². The van der Waals surface area contributed by atoms with Crippen molar-refractivity contribution in [2.75, 3.05) is 0 Å². The van der Waals surface area contributed by atoms with Crippen LogP contribution in [0.25, 0.3) is 10.8 Å². The average molecular weight is 258 g/mol. The average Bonchev–Trinajstić information content (AvgIpc) is 2.43. The first-order valence-electron chi connectivity index (χ1n) is 4.66. The predicted molar refractivity (Wildman–Crippen MR) is 65.9 cm³/mol. The highest BCUT2D eigenvalue weighted by molar-refractivity contribution is 6.53. The van der Waals surface area contributed by atoms with Crippen molar-refractivity contribution in [3.8, 4) is 0 Å². The monoisotopic (exact) mass is 256 g/mol. The van der Waals surface area contributed by atoms with E-state index >= 15 is 0 Å². The molecular formula is C12H7Cl3. The third-order valence-corrected chi connectivity index (χ3v) is 4.52. The summed E-state index contributed by atoms with van der Waals surface area (Å²) in [4.78, 5) is 0. The van der Waals surface area contributed by atoms with Gasteiger partial charge in [0.1, 0.15) is 0 Å². The molecule has 0 radical (unpaired) electrons. The van der Waals surface area contributed by atoms with Crippen LogP contribution in [0, 0.1) is 0 Å². The van der Waals surface area contributed by atoms with Crippen molar-refractivity contribution < 1.29 is 0 Å². The third-order valence-electron chi connectivity index (χ3n) is 2.89. The van der Waals surface area contributed by atoms with Crippen molar-refractivity contribution in [3.05, 3.63) is 47.5 Å². The summed E-state index contributed by atoms with van der Waals surface area (Å²) in [5, 5.41) is 1.87. The molecule has 1 aliphatic carbocycles. The normalized spacial score (nSPS) is 22.2. The second-order valence-electron chi connectivity index (χ2n) is 3.74. The van der Waals surface area contributed by atoms with Crippen LogP contribution in [0.3, 0.4) is 0 Å². The van der Waals surface area contributed by atoms with Crippen LogP contribution in [0.15, 0.2) is 36.4 Å². The highest BCUT2D eigenvalue weighted by Crippen LogP contribution is 2.57. The molecule has 1 unspecified atom stereocenters. The first-order valence-corrected chi connectivity index (χ1v) is 5.85. The maximum absolute atomic E-state index is 6.29. The molecule has 76 valence electrons. The van der Waals surface area contributed by atoms with Crippen LogP contribution in [-0.2, 0) is 4.33 Å². The third kappa shape index (κ3) is 1.16. The van der Waals surface area contributed by atoms with Gasteiger partial charge in [0.25, 0.3) is 0 Å². The van der Waals surface area contributed by atoms with Crippen LogP contribution in [0.4, 0.5) is 0 Å². The molecule has 2 aromatic rings. The molecule has 0 aromatic heterocycles. The molecule has 2 aromatic carbocycles. The minimum atomic E-state index is -1.01. The Kier molecular flexibility index (Phi) is 1.98. The lowest BCUT2D eigenvalue weighted by Crippen LogP contribution is -2.10. The second kappa shape index (κ2) is 3.04. The van der Waals surface area contributed by atoms with E-state index in [1.807, 2.05) is 36.4 Å². The van der Waals surface area contributed by atoms with E-state index in [0.29, 0.717) is 0 Å². The van der Waals surface area contributed by atoms with Gasteiger partial charge in [-0.05, 0) is 21.9 Å². The van der Waals surface area contributed by atoms with Gasteiger partial charge >= 0.3 is 0 Å². The van der Waals surface area contributed by atoms with Crippen molar-refractivity contribution >= 4 is 45.6 Å². The molecule has 0 amide bonds. The van der Waals surface area contributed by atoms with E-state index in [9.17, 15) is 0 Å². The Balaban J connectivity index is 2.51. The Morgan fingerprint density at radius 3 is 2.40 bits per heavy atom. The Labute approximate surface area is 103 Å². The summed E-state index contributed by atoms with van der Waals surface area (Å²) in [7, 11) is 0. The van der Waals surface area contributed by atoms with E-state index in [1.165, 1.54) is 0 Å². The molecule has 1 aliphatic rings. The summed E-state index contributed by atoms with van der Waals surface area (Å²) in [6.45, 7) is 0. The zero-order valence-corrected chi connectivity index (χ0v) is 9.94. The quantitative estimate of drug-likeness (QED) is 0.597. The van der Waals surface area contributed by atoms with Gasteiger partial charge in [0.2, 0.25) is 0 Å². The maximum atomic E-state index is 6.29. The number of alkyl halides is 3. The summed E-state index contributed by atoms with van der Waals surface area (Å²) in [6, 6.07) is 11.9. The molecule has 0 N–H and O–H groups in total. The fourth-order valence-electron chi connectivity index (χ4n) is 2.19. The zero-order valence-electron chi connectivity index (χ0n) is 7.68. The zero-order chi connectivity index (χ0) is 10.6. The summed E-state index contributed by atoms with van der Waals surface area (Å²) in [6.07, 6.45) is 0. The van der Waals surface area contributed by atoms with Gasteiger partial charge in [-0.2, -0.15) is 0 Å². The number of hydrogen-bond acceptors (Lipinski definition) is 0. The van der Waals surface area contributed by atoms with Crippen LogP contribution in [0.5, 0.6) is 0 Å². The lowest BCUT2D eigenvalue weighted by Gasteiger charge is -2.18. The first-order chi connectivity index (χ1) is 7.12. The van der Waals surface area contributed by atoms with Crippen LogP contribution in [-0.4, -0.2) is 0 Å². The van der Waals surface area contributed by atoms with Crippen molar-refractivity contribution in [3.63, 3.8) is 0 Å². The largest absolute Gasteiger partial charge is 0.164 e. The summed E-state index contributed by atoms with van der Waals surface area (Å²) in [5.41, 5.74) is 1.94. The van der Waals surface area contributed by atoms with Gasteiger partial charge in [0, 0.05) is 0 Å². The molecule has 0 aliphatic heterocycles. The standard InChI is InChI=1S/C12H7Cl3/c13-11-8-5-1-3-7-4-2-6-9(10(7)8)12(11,14)15/h1-6,11H. The second-order valence-corrected chi connectivity index (χ2v) is 5.56. The molecule has 0 bridgehead atoms. The SMILES string of the molecule is ClC1c2cccc3cccc(c23)C1(Cl)Cl. The molecule has 15 heavy (non-hydrogen) atoms. The Morgan fingerprint density at radius 2 is 1.67 bits per heavy atom. The highest BCUT2D eigenvalue weighted by Gasteiger charge is 2.44. The van der Waals surface area contributed by atoms with Gasteiger partial charge in [-0.15, -0.1) is 11.6 Å². The highest BCUT2D eigenvalue weighted by atomic mass is 35.5. The first kappa shape index (κ1) is 9.77. The van der Waals surface area contributed by atoms with Crippen LogP contribution < -0.4 is 0 Å². The molecule has 0 spiro atoms. The molecule has 0 saturated carbocycles. The molecule has 0 nitrogen and oxygen atoms in total. The number of halogens is 3. The Morgan fingerprint density at radius 1 is 1.00 bits per heavy atom. The minimum Gasteiger partial charge on any atom is -0.114 e. The number of benzene rings is 2. The number of rotatable bonds is 0. The van der Waals surface area contributed by atoms with Gasteiger partial charge in [-0.25, -0.2) is 0 Å². The van der Waals surface area contributed by atoms with Crippen LogP contribution >= 0.6 is 34.8 Å². The van der Waals surface area contributed by atoms with E-state index in [0.717, 1.165) is 21.9 Å². The number of hydrogen-bond donors (Lipinski definition) is 0. The van der Waals surface area contributed by atoms with E-state index in [-0.39, 0.29) is 5.38 Å². The van der Waals surface area contributed by atoms with E-state index in [4.69, 9.17) is 34.8 Å². The van der Waals surface area contributed by atoms with Gasteiger partial charge in [-0.1, -0.05) is 59.6 Å².